The van der Waals surface area contributed by atoms with E-state index in [9.17, 15) is 9.59 Å². The molecule has 8 nitrogen and oxygen atoms in total. The van der Waals surface area contributed by atoms with Crippen LogP contribution in [-0.4, -0.2) is 42.9 Å². The molecular formula is C15H19N5O3S. The van der Waals surface area contributed by atoms with Crippen molar-refractivity contribution < 1.29 is 14.3 Å². The summed E-state index contributed by atoms with van der Waals surface area (Å²) in [5.41, 5.74) is 1.16. The summed E-state index contributed by atoms with van der Waals surface area (Å²) in [4.78, 5) is 24.6. The molecule has 0 radical (unpaired) electrons. The van der Waals surface area contributed by atoms with E-state index in [0.717, 1.165) is 5.56 Å². The summed E-state index contributed by atoms with van der Waals surface area (Å²) >= 11 is 1.27. The van der Waals surface area contributed by atoms with E-state index in [0.29, 0.717) is 16.8 Å². The van der Waals surface area contributed by atoms with Crippen LogP contribution in [0.3, 0.4) is 0 Å². The number of nitrogens with zero attached hydrogens (tertiary/aromatic N) is 3. The van der Waals surface area contributed by atoms with E-state index in [4.69, 9.17) is 0 Å². The molecule has 2 N–H and O–H groups in total. The maximum Gasteiger partial charge on any atom is 0.321 e. The number of ether oxygens (including phenoxy) is 1. The van der Waals surface area contributed by atoms with Crippen molar-refractivity contribution in [2.45, 2.75) is 13.0 Å². The Morgan fingerprint density at radius 3 is 2.71 bits per heavy atom. The quantitative estimate of drug-likeness (QED) is 0.741. The number of benzene rings is 1. The van der Waals surface area contributed by atoms with Gasteiger partial charge in [-0.1, -0.05) is 41.7 Å². The van der Waals surface area contributed by atoms with Crippen LogP contribution in [0.25, 0.3) is 0 Å². The second-order valence-electron chi connectivity index (χ2n) is 4.94. The molecule has 0 saturated heterocycles. The van der Waals surface area contributed by atoms with Crippen molar-refractivity contribution in [1.29, 1.82) is 0 Å². The predicted molar refractivity (Wildman–Crippen MR) is 92.1 cm³/mol. The lowest BCUT2D eigenvalue weighted by Crippen LogP contribution is -2.30. The van der Waals surface area contributed by atoms with Crippen molar-refractivity contribution in [3.05, 3.63) is 35.9 Å². The number of amides is 2. The van der Waals surface area contributed by atoms with Gasteiger partial charge in [-0.3, -0.25) is 10.1 Å². The lowest BCUT2D eigenvalue weighted by atomic mass is 10.2. The van der Waals surface area contributed by atoms with Gasteiger partial charge in [0.15, 0.2) is 0 Å². The fraction of sp³-hybridized carbons (Fsp3) is 0.333. The Balaban J connectivity index is 1.81. The number of hydrogen-bond acceptors (Lipinski definition) is 7. The number of carbonyl (C=O) groups is 2. The van der Waals surface area contributed by atoms with Crippen LogP contribution in [0.15, 0.2) is 30.3 Å². The molecular weight excluding hydrogens is 330 g/mol. The SMILES string of the molecule is COC(=O)CCNC(=O)Nc1nnc(N(C)Cc2ccccc2)s1. The van der Waals surface area contributed by atoms with Crippen molar-refractivity contribution in [2.24, 2.45) is 0 Å². The summed E-state index contributed by atoms with van der Waals surface area (Å²) in [6.07, 6.45) is 0.116. The highest BCUT2D eigenvalue weighted by Gasteiger charge is 2.11. The predicted octanol–water partition coefficient (Wildman–Crippen LogP) is 1.86. The van der Waals surface area contributed by atoms with Crippen molar-refractivity contribution in [3.63, 3.8) is 0 Å². The second-order valence-corrected chi connectivity index (χ2v) is 5.89. The van der Waals surface area contributed by atoms with Crippen molar-refractivity contribution in [1.82, 2.24) is 15.5 Å². The summed E-state index contributed by atoms with van der Waals surface area (Å²) in [7, 11) is 3.21. The Labute approximate surface area is 143 Å². The Hall–Kier alpha value is -2.68. The molecule has 1 heterocycles. The van der Waals surface area contributed by atoms with E-state index in [2.05, 4.69) is 25.6 Å². The largest absolute Gasteiger partial charge is 0.469 e. The zero-order valence-corrected chi connectivity index (χ0v) is 14.3. The molecule has 24 heavy (non-hydrogen) atoms. The lowest BCUT2D eigenvalue weighted by molar-refractivity contribution is -0.140. The van der Waals surface area contributed by atoms with Gasteiger partial charge >= 0.3 is 12.0 Å². The van der Waals surface area contributed by atoms with Gasteiger partial charge in [0.1, 0.15) is 0 Å². The minimum absolute atomic E-state index is 0.116. The van der Waals surface area contributed by atoms with Crippen LogP contribution in [-0.2, 0) is 16.1 Å². The van der Waals surface area contributed by atoms with Gasteiger partial charge in [-0.15, -0.1) is 10.2 Å². The van der Waals surface area contributed by atoms with E-state index < -0.39 is 6.03 Å². The summed E-state index contributed by atoms with van der Waals surface area (Å²) < 4.78 is 4.49. The third kappa shape index (κ3) is 5.51. The van der Waals surface area contributed by atoms with Crippen LogP contribution >= 0.6 is 11.3 Å². The number of aromatic nitrogens is 2. The molecule has 2 aromatic rings. The summed E-state index contributed by atoms with van der Waals surface area (Å²) in [6.45, 7) is 0.888. The Bertz CT molecular complexity index is 677. The van der Waals surface area contributed by atoms with Crippen LogP contribution in [0, 0.1) is 0 Å². The van der Waals surface area contributed by atoms with Gasteiger partial charge in [-0.25, -0.2) is 4.79 Å². The fourth-order valence-electron chi connectivity index (χ4n) is 1.87. The average molecular weight is 349 g/mol. The molecule has 0 atom stereocenters. The summed E-state index contributed by atoms with van der Waals surface area (Å²) in [5.74, 6) is -0.379. The number of nitrogens with one attached hydrogen (secondary N) is 2. The number of esters is 1. The second kappa shape index (κ2) is 8.82. The molecule has 0 unspecified atom stereocenters. The lowest BCUT2D eigenvalue weighted by Gasteiger charge is -2.14. The molecule has 0 saturated carbocycles. The van der Waals surface area contributed by atoms with E-state index in [1.807, 2.05) is 42.3 Å². The number of carbonyl (C=O) groups excluding carboxylic acids is 2. The number of methoxy groups -OCH3 is 1. The minimum Gasteiger partial charge on any atom is -0.469 e. The van der Waals surface area contributed by atoms with Gasteiger partial charge in [0.05, 0.1) is 13.5 Å². The fourth-order valence-corrected chi connectivity index (χ4v) is 2.57. The average Bonchev–Trinajstić information content (AvgIpc) is 3.04. The van der Waals surface area contributed by atoms with Gasteiger partial charge in [-0.05, 0) is 5.56 Å². The molecule has 1 aromatic carbocycles. The zero-order chi connectivity index (χ0) is 17.4. The first-order valence-electron chi connectivity index (χ1n) is 7.28. The van der Waals surface area contributed by atoms with Crippen LogP contribution < -0.4 is 15.5 Å². The van der Waals surface area contributed by atoms with Crippen molar-refractivity contribution >= 4 is 33.6 Å². The van der Waals surface area contributed by atoms with Gasteiger partial charge in [0.25, 0.3) is 0 Å². The first-order chi connectivity index (χ1) is 11.6. The van der Waals surface area contributed by atoms with Gasteiger partial charge < -0.3 is 15.0 Å². The van der Waals surface area contributed by atoms with Gasteiger partial charge in [0, 0.05) is 20.1 Å². The van der Waals surface area contributed by atoms with Crippen molar-refractivity contribution in [3.8, 4) is 0 Å². The van der Waals surface area contributed by atoms with Crippen LogP contribution in [0.1, 0.15) is 12.0 Å². The van der Waals surface area contributed by atoms with Crippen LogP contribution in [0.5, 0.6) is 0 Å². The highest BCUT2D eigenvalue weighted by atomic mass is 32.1. The Morgan fingerprint density at radius 2 is 2.00 bits per heavy atom. The smallest absolute Gasteiger partial charge is 0.321 e. The van der Waals surface area contributed by atoms with Crippen molar-refractivity contribution in [2.75, 3.05) is 30.9 Å². The molecule has 0 bridgehead atoms. The zero-order valence-electron chi connectivity index (χ0n) is 13.5. The molecule has 0 aliphatic carbocycles. The molecule has 0 aliphatic rings. The molecule has 1 aromatic heterocycles. The highest BCUT2D eigenvalue weighted by Crippen LogP contribution is 2.24. The molecule has 0 aliphatic heterocycles. The van der Waals surface area contributed by atoms with E-state index >= 15 is 0 Å². The third-order valence-electron chi connectivity index (χ3n) is 3.07. The van der Waals surface area contributed by atoms with E-state index in [1.165, 1.54) is 18.4 Å². The van der Waals surface area contributed by atoms with E-state index in [1.54, 1.807) is 0 Å². The number of hydrogen-bond donors (Lipinski definition) is 2. The highest BCUT2D eigenvalue weighted by molar-refractivity contribution is 7.19. The number of urea groups is 1. The monoisotopic (exact) mass is 349 g/mol. The standard InChI is InChI=1S/C15H19N5O3S/c1-20(10-11-6-4-3-5-7-11)15-19-18-14(24-15)17-13(22)16-9-8-12(21)23-2/h3-7H,8-10H2,1-2H3,(H2,16,17,18,22). The van der Waals surface area contributed by atoms with E-state index in [-0.39, 0.29) is 18.9 Å². The molecule has 2 rings (SSSR count). The Morgan fingerprint density at radius 1 is 1.25 bits per heavy atom. The molecule has 0 fully saturated rings. The number of anilines is 2. The summed E-state index contributed by atoms with van der Waals surface area (Å²) in [5, 5.41) is 14.2. The minimum atomic E-state index is -0.438. The van der Waals surface area contributed by atoms with Gasteiger partial charge in [0.2, 0.25) is 10.3 Å². The topological polar surface area (TPSA) is 96.4 Å². The first kappa shape index (κ1) is 17.7. The normalized spacial score (nSPS) is 10.1. The van der Waals surface area contributed by atoms with Gasteiger partial charge in [-0.2, -0.15) is 0 Å². The van der Waals surface area contributed by atoms with Crippen LogP contribution in [0.4, 0.5) is 15.1 Å². The molecule has 9 heteroatoms. The third-order valence-corrected chi connectivity index (χ3v) is 4.02. The maximum absolute atomic E-state index is 11.7. The first-order valence-corrected chi connectivity index (χ1v) is 8.10. The van der Waals surface area contributed by atoms with Crippen LogP contribution in [0.2, 0.25) is 0 Å². The molecule has 128 valence electrons. The molecule has 2 amide bonds. The molecule has 0 spiro atoms. The maximum atomic E-state index is 11.7. The Kier molecular flexibility index (Phi) is 6.50. The summed E-state index contributed by atoms with van der Waals surface area (Å²) in [6, 6.07) is 9.56. The number of rotatable bonds is 7.